The number of ether oxygens (including phenoxy) is 1. The predicted molar refractivity (Wildman–Crippen MR) is 90.2 cm³/mol. The molecule has 116 valence electrons. The maximum atomic E-state index is 12.1. The standard InChI is InChI=1S/C17H11BrClNO3/c18-12-6-7-15(19)14(8-12)17(21)22-10-13-9-16(23-20-13)11-4-2-1-3-5-11/h1-9H,10H2. The Kier molecular flexibility index (Phi) is 4.79. The summed E-state index contributed by atoms with van der Waals surface area (Å²) in [5, 5.41) is 4.24. The fourth-order valence-corrected chi connectivity index (χ4v) is 2.55. The lowest BCUT2D eigenvalue weighted by Crippen LogP contribution is -2.06. The van der Waals surface area contributed by atoms with E-state index in [9.17, 15) is 4.79 Å². The zero-order valence-electron chi connectivity index (χ0n) is 11.8. The molecule has 0 aliphatic heterocycles. The van der Waals surface area contributed by atoms with Gasteiger partial charge in [0.05, 0.1) is 10.6 Å². The van der Waals surface area contributed by atoms with Gasteiger partial charge < -0.3 is 9.26 Å². The van der Waals surface area contributed by atoms with E-state index >= 15 is 0 Å². The van der Waals surface area contributed by atoms with Crippen molar-refractivity contribution in [2.75, 3.05) is 0 Å². The SMILES string of the molecule is O=C(OCc1cc(-c2ccccc2)on1)c1cc(Br)ccc1Cl. The van der Waals surface area contributed by atoms with Gasteiger partial charge in [0.1, 0.15) is 12.3 Å². The van der Waals surface area contributed by atoms with Crippen LogP contribution in [0, 0.1) is 0 Å². The first kappa shape index (κ1) is 15.8. The summed E-state index contributed by atoms with van der Waals surface area (Å²) in [4.78, 5) is 12.1. The molecule has 6 heteroatoms. The van der Waals surface area contributed by atoms with Crippen molar-refractivity contribution in [3.8, 4) is 11.3 Å². The van der Waals surface area contributed by atoms with E-state index in [0.717, 1.165) is 10.0 Å². The highest BCUT2D eigenvalue weighted by Gasteiger charge is 2.14. The number of hydrogen-bond donors (Lipinski definition) is 0. The molecule has 3 aromatic rings. The highest BCUT2D eigenvalue weighted by atomic mass is 79.9. The average molecular weight is 393 g/mol. The third-order valence-corrected chi connectivity index (χ3v) is 3.94. The molecule has 2 aromatic carbocycles. The molecule has 4 nitrogen and oxygen atoms in total. The van der Waals surface area contributed by atoms with E-state index in [-0.39, 0.29) is 6.61 Å². The third-order valence-electron chi connectivity index (χ3n) is 3.12. The second-order valence-corrected chi connectivity index (χ2v) is 6.07. The van der Waals surface area contributed by atoms with Gasteiger partial charge in [0.15, 0.2) is 5.76 Å². The first-order valence-corrected chi connectivity index (χ1v) is 7.94. The molecule has 0 atom stereocenters. The molecular formula is C17H11BrClNO3. The molecule has 23 heavy (non-hydrogen) atoms. The van der Waals surface area contributed by atoms with Gasteiger partial charge in [0, 0.05) is 16.1 Å². The highest BCUT2D eigenvalue weighted by molar-refractivity contribution is 9.10. The van der Waals surface area contributed by atoms with Crippen molar-refractivity contribution in [1.82, 2.24) is 5.16 Å². The smallest absolute Gasteiger partial charge is 0.340 e. The quantitative estimate of drug-likeness (QED) is 0.579. The Hall–Kier alpha value is -2.11. The Bertz CT molecular complexity index is 833. The van der Waals surface area contributed by atoms with Crippen LogP contribution in [0.15, 0.2) is 63.6 Å². The maximum absolute atomic E-state index is 12.1. The summed E-state index contributed by atoms with van der Waals surface area (Å²) in [6, 6.07) is 16.3. The first-order chi connectivity index (χ1) is 11.1. The molecule has 1 aromatic heterocycles. The van der Waals surface area contributed by atoms with E-state index in [1.165, 1.54) is 0 Å². The molecule has 0 aliphatic rings. The molecule has 0 amide bonds. The Morgan fingerprint density at radius 1 is 1.17 bits per heavy atom. The highest BCUT2D eigenvalue weighted by Crippen LogP contribution is 2.23. The first-order valence-electron chi connectivity index (χ1n) is 6.76. The topological polar surface area (TPSA) is 52.3 Å². The van der Waals surface area contributed by atoms with Gasteiger partial charge in [0.25, 0.3) is 0 Å². The number of carbonyl (C=O) groups excluding carboxylic acids is 1. The fourth-order valence-electron chi connectivity index (χ4n) is 1.99. The van der Waals surface area contributed by atoms with Crippen LogP contribution in [0.2, 0.25) is 5.02 Å². The van der Waals surface area contributed by atoms with Crippen LogP contribution < -0.4 is 0 Å². The van der Waals surface area contributed by atoms with Crippen molar-refractivity contribution in [3.63, 3.8) is 0 Å². The van der Waals surface area contributed by atoms with Crippen molar-refractivity contribution in [2.45, 2.75) is 6.61 Å². The minimum atomic E-state index is -0.513. The van der Waals surface area contributed by atoms with Crippen molar-refractivity contribution < 1.29 is 14.1 Å². The Morgan fingerprint density at radius 2 is 1.96 bits per heavy atom. The number of carbonyl (C=O) groups is 1. The zero-order valence-corrected chi connectivity index (χ0v) is 14.2. The van der Waals surface area contributed by atoms with E-state index in [0.29, 0.717) is 22.0 Å². The average Bonchev–Trinajstić information content (AvgIpc) is 3.05. The van der Waals surface area contributed by atoms with Gasteiger partial charge in [-0.25, -0.2) is 4.79 Å². The molecule has 0 spiro atoms. The molecule has 0 aliphatic carbocycles. The number of nitrogens with zero attached hydrogens (tertiary/aromatic N) is 1. The second kappa shape index (κ2) is 6.98. The fraction of sp³-hybridized carbons (Fsp3) is 0.0588. The van der Waals surface area contributed by atoms with E-state index in [1.807, 2.05) is 30.3 Å². The molecular weight excluding hydrogens is 382 g/mol. The molecule has 0 bridgehead atoms. The summed E-state index contributed by atoms with van der Waals surface area (Å²) in [6.07, 6.45) is 0. The summed E-state index contributed by atoms with van der Waals surface area (Å²) in [5.41, 5.74) is 1.74. The van der Waals surface area contributed by atoms with Crippen LogP contribution in [0.4, 0.5) is 0 Å². The number of rotatable bonds is 4. The van der Waals surface area contributed by atoms with Gasteiger partial charge in [-0.05, 0) is 18.2 Å². The summed E-state index contributed by atoms with van der Waals surface area (Å²) in [6.45, 7) is 0.0119. The van der Waals surface area contributed by atoms with Crippen molar-refractivity contribution in [1.29, 1.82) is 0 Å². The summed E-state index contributed by atoms with van der Waals surface area (Å²) < 4.78 is 11.2. The number of hydrogen-bond acceptors (Lipinski definition) is 4. The molecule has 0 saturated heterocycles. The van der Waals surface area contributed by atoms with E-state index in [2.05, 4.69) is 21.1 Å². The lowest BCUT2D eigenvalue weighted by molar-refractivity contribution is 0.0464. The van der Waals surface area contributed by atoms with Crippen LogP contribution in [0.25, 0.3) is 11.3 Å². The molecule has 0 fully saturated rings. The van der Waals surface area contributed by atoms with Gasteiger partial charge >= 0.3 is 5.97 Å². The van der Waals surface area contributed by atoms with Gasteiger partial charge in [-0.2, -0.15) is 0 Å². The van der Waals surface area contributed by atoms with E-state index in [4.69, 9.17) is 20.9 Å². The summed E-state index contributed by atoms with van der Waals surface area (Å²) in [5.74, 6) is 0.109. The van der Waals surface area contributed by atoms with E-state index in [1.54, 1.807) is 24.3 Å². The van der Waals surface area contributed by atoms with Crippen LogP contribution >= 0.6 is 27.5 Å². The largest absolute Gasteiger partial charge is 0.455 e. The minimum absolute atomic E-state index is 0.0119. The summed E-state index contributed by atoms with van der Waals surface area (Å²) in [7, 11) is 0. The normalized spacial score (nSPS) is 10.5. The van der Waals surface area contributed by atoms with Gasteiger partial charge in [-0.1, -0.05) is 63.0 Å². The number of halogens is 2. The Labute approximate surface area is 146 Å². The maximum Gasteiger partial charge on any atom is 0.340 e. The van der Waals surface area contributed by atoms with Gasteiger partial charge in [-0.3, -0.25) is 0 Å². The van der Waals surface area contributed by atoms with E-state index < -0.39 is 5.97 Å². The third kappa shape index (κ3) is 3.81. The van der Waals surface area contributed by atoms with Crippen LogP contribution in [0.5, 0.6) is 0 Å². The Balaban J connectivity index is 1.68. The second-order valence-electron chi connectivity index (χ2n) is 4.75. The van der Waals surface area contributed by atoms with Crippen LogP contribution in [-0.2, 0) is 11.3 Å². The van der Waals surface area contributed by atoms with Crippen molar-refractivity contribution in [2.24, 2.45) is 0 Å². The molecule has 0 N–H and O–H groups in total. The monoisotopic (exact) mass is 391 g/mol. The number of benzene rings is 2. The molecule has 0 radical (unpaired) electrons. The molecule has 3 rings (SSSR count). The molecule has 0 unspecified atom stereocenters. The van der Waals surface area contributed by atoms with Crippen LogP contribution in [-0.4, -0.2) is 11.1 Å². The zero-order chi connectivity index (χ0) is 16.2. The lowest BCUT2D eigenvalue weighted by Gasteiger charge is -2.04. The predicted octanol–water partition coefficient (Wildman–Crippen LogP) is 5.11. The number of esters is 1. The van der Waals surface area contributed by atoms with Crippen LogP contribution in [0.1, 0.15) is 16.1 Å². The van der Waals surface area contributed by atoms with Crippen LogP contribution in [0.3, 0.4) is 0 Å². The lowest BCUT2D eigenvalue weighted by atomic mass is 10.2. The summed E-state index contributed by atoms with van der Waals surface area (Å²) >= 11 is 9.30. The number of aromatic nitrogens is 1. The van der Waals surface area contributed by atoms with Gasteiger partial charge in [-0.15, -0.1) is 0 Å². The Morgan fingerprint density at radius 3 is 2.74 bits per heavy atom. The van der Waals surface area contributed by atoms with Gasteiger partial charge in [0.2, 0.25) is 0 Å². The van der Waals surface area contributed by atoms with Crippen molar-refractivity contribution in [3.05, 3.63) is 75.4 Å². The molecule has 0 saturated carbocycles. The molecule has 1 heterocycles. The minimum Gasteiger partial charge on any atom is -0.455 e. The van der Waals surface area contributed by atoms with Crippen molar-refractivity contribution >= 4 is 33.5 Å².